The van der Waals surface area contributed by atoms with Crippen LogP contribution in [0.2, 0.25) is 0 Å². The van der Waals surface area contributed by atoms with Gasteiger partial charge in [0, 0.05) is 0 Å². The summed E-state index contributed by atoms with van der Waals surface area (Å²) in [6, 6.07) is 7.78. The Balaban J connectivity index is 3.55. The summed E-state index contributed by atoms with van der Waals surface area (Å²) in [5.74, 6) is 0. The van der Waals surface area contributed by atoms with Crippen molar-refractivity contribution < 1.29 is 0 Å². The minimum Gasteiger partial charge on any atom is -0.192 e. The number of rotatable bonds is 0. The molecule has 2 nitrogen and oxygen atoms in total. The Bertz CT molecular complexity index is 353. The van der Waals surface area contributed by atoms with Crippen LogP contribution in [0.15, 0.2) is 12.1 Å². The van der Waals surface area contributed by atoms with E-state index in [4.69, 9.17) is 10.5 Å². The van der Waals surface area contributed by atoms with Crippen molar-refractivity contribution in [3.8, 4) is 12.1 Å². The number of hydrogen-bond donors (Lipinski definition) is 0. The van der Waals surface area contributed by atoms with Crippen LogP contribution in [0.5, 0.6) is 0 Å². The molecule has 0 atom stereocenters. The lowest BCUT2D eigenvalue weighted by Gasteiger charge is -2.01. The monoisotopic (exact) mass is 156 g/mol. The van der Waals surface area contributed by atoms with Crippen molar-refractivity contribution in [3.63, 3.8) is 0 Å². The molecule has 0 saturated heterocycles. The highest BCUT2D eigenvalue weighted by Crippen LogP contribution is 2.16. The molecule has 0 amide bonds. The highest BCUT2D eigenvalue weighted by Gasteiger charge is 2.06. The molecule has 0 bridgehead atoms. The SMILES string of the molecule is Cc1ccc(C)c(C#N)c1C#N. The van der Waals surface area contributed by atoms with Gasteiger partial charge in [0.05, 0.1) is 11.1 Å². The second-order valence-corrected chi connectivity index (χ2v) is 2.67. The molecular weight excluding hydrogens is 148 g/mol. The predicted molar refractivity (Wildman–Crippen MR) is 45.3 cm³/mol. The zero-order valence-corrected chi connectivity index (χ0v) is 7.05. The van der Waals surface area contributed by atoms with Crippen molar-refractivity contribution in [2.45, 2.75) is 13.8 Å². The minimum absolute atomic E-state index is 0.498. The van der Waals surface area contributed by atoms with Crippen LogP contribution in [0.1, 0.15) is 22.3 Å². The van der Waals surface area contributed by atoms with E-state index in [-0.39, 0.29) is 0 Å². The third-order valence-corrected chi connectivity index (χ3v) is 1.85. The minimum atomic E-state index is 0.498. The van der Waals surface area contributed by atoms with Crippen LogP contribution in [0, 0.1) is 36.5 Å². The fourth-order valence-electron chi connectivity index (χ4n) is 1.10. The lowest BCUT2D eigenvalue weighted by molar-refractivity contribution is 1.30. The van der Waals surface area contributed by atoms with Gasteiger partial charge in [-0.05, 0) is 25.0 Å². The van der Waals surface area contributed by atoms with Crippen LogP contribution in [0.25, 0.3) is 0 Å². The first kappa shape index (κ1) is 8.30. The van der Waals surface area contributed by atoms with Crippen LogP contribution in [-0.4, -0.2) is 0 Å². The van der Waals surface area contributed by atoms with E-state index in [1.165, 1.54) is 0 Å². The van der Waals surface area contributed by atoms with Crippen LogP contribution in [0.4, 0.5) is 0 Å². The fraction of sp³-hybridized carbons (Fsp3) is 0.200. The lowest BCUT2D eigenvalue weighted by Crippen LogP contribution is -1.91. The molecule has 1 aromatic carbocycles. The summed E-state index contributed by atoms with van der Waals surface area (Å²) in [5.41, 5.74) is 2.72. The summed E-state index contributed by atoms with van der Waals surface area (Å²) in [5, 5.41) is 17.5. The van der Waals surface area contributed by atoms with Crippen LogP contribution in [-0.2, 0) is 0 Å². The highest BCUT2D eigenvalue weighted by molar-refractivity contribution is 5.53. The van der Waals surface area contributed by atoms with E-state index in [2.05, 4.69) is 0 Å². The predicted octanol–water partition coefficient (Wildman–Crippen LogP) is 2.05. The normalized spacial score (nSPS) is 8.67. The molecular formula is C10H8N2. The van der Waals surface area contributed by atoms with Crippen LogP contribution in [0.3, 0.4) is 0 Å². The zero-order chi connectivity index (χ0) is 9.14. The summed E-state index contributed by atoms with van der Waals surface area (Å²) in [4.78, 5) is 0. The Kier molecular flexibility index (Phi) is 2.12. The van der Waals surface area contributed by atoms with Gasteiger partial charge in [-0.15, -0.1) is 0 Å². The number of aryl methyl sites for hydroxylation is 2. The second-order valence-electron chi connectivity index (χ2n) is 2.67. The molecule has 2 heteroatoms. The summed E-state index contributed by atoms with van der Waals surface area (Å²) >= 11 is 0. The first-order chi connectivity index (χ1) is 5.70. The Labute approximate surface area is 71.7 Å². The lowest BCUT2D eigenvalue weighted by atomic mass is 9.99. The van der Waals surface area contributed by atoms with E-state index in [0.29, 0.717) is 11.1 Å². The molecule has 0 radical (unpaired) electrons. The molecule has 0 fully saturated rings. The number of nitriles is 2. The maximum absolute atomic E-state index is 8.75. The van der Waals surface area contributed by atoms with Crippen molar-refractivity contribution in [1.29, 1.82) is 10.5 Å². The molecule has 0 saturated carbocycles. The van der Waals surface area contributed by atoms with Crippen LogP contribution >= 0.6 is 0 Å². The van der Waals surface area contributed by atoms with E-state index in [9.17, 15) is 0 Å². The average Bonchev–Trinajstić information content (AvgIpc) is 2.08. The second kappa shape index (κ2) is 3.07. The van der Waals surface area contributed by atoms with E-state index in [1.807, 2.05) is 38.1 Å². The molecule has 0 N–H and O–H groups in total. The third-order valence-electron chi connectivity index (χ3n) is 1.85. The summed E-state index contributed by atoms with van der Waals surface area (Å²) in [6.45, 7) is 3.66. The van der Waals surface area contributed by atoms with Gasteiger partial charge in [0.15, 0.2) is 0 Å². The largest absolute Gasteiger partial charge is 0.192 e. The molecule has 58 valence electrons. The molecule has 0 heterocycles. The number of nitrogens with zero attached hydrogens (tertiary/aromatic N) is 2. The topological polar surface area (TPSA) is 47.6 Å². The van der Waals surface area contributed by atoms with Gasteiger partial charge < -0.3 is 0 Å². The standard InChI is InChI=1S/C10H8N2/c1-7-3-4-8(2)10(6-12)9(7)5-11/h3-4H,1-2H3. The van der Waals surface area contributed by atoms with Gasteiger partial charge in [0.25, 0.3) is 0 Å². The van der Waals surface area contributed by atoms with Crippen molar-refractivity contribution >= 4 is 0 Å². The molecule has 0 unspecified atom stereocenters. The van der Waals surface area contributed by atoms with Crippen molar-refractivity contribution in [1.82, 2.24) is 0 Å². The first-order valence-electron chi connectivity index (χ1n) is 3.61. The maximum atomic E-state index is 8.75. The Hall–Kier alpha value is -1.80. The van der Waals surface area contributed by atoms with Gasteiger partial charge in [0.1, 0.15) is 12.1 Å². The molecule has 0 aliphatic carbocycles. The van der Waals surface area contributed by atoms with Gasteiger partial charge in [-0.2, -0.15) is 10.5 Å². The van der Waals surface area contributed by atoms with Crippen molar-refractivity contribution in [2.24, 2.45) is 0 Å². The molecule has 0 aliphatic heterocycles. The summed E-state index contributed by atoms with van der Waals surface area (Å²) in [6.07, 6.45) is 0. The summed E-state index contributed by atoms with van der Waals surface area (Å²) in [7, 11) is 0. The van der Waals surface area contributed by atoms with Crippen LogP contribution < -0.4 is 0 Å². The average molecular weight is 156 g/mol. The smallest absolute Gasteiger partial charge is 0.101 e. The first-order valence-corrected chi connectivity index (χ1v) is 3.61. The van der Waals surface area contributed by atoms with Gasteiger partial charge in [0.2, 0.25) is 0 Å². The fourth-order valence-corrected chi connectivity index (χ4v) is 1.10. The van der Waals surface area contributed by atoms with E-state index >= 15 is 0 Å². The van der Waals surface area contributed by atoms with Crippen molar-refractivity contribution in [3.05, 3.63) is 34.4 Å². The van der Waals surface area contributed by atoms with Gasteiger partial charge in [-0.25, -0.2) is 0 Å². The summed E-state index contributed by atoms with van der Waals surface area (Å²) < 4.78 is 0. The van der Waals surface area contributed by atoms with Crippen molar-refractivity contribution in [2.75, 3.05) is 0 Å². The quantitative estimate of drug-likeness (QED) is 0.577. The Morgan fingerprint density at radius 2 is 1.25 bits per heavy atom. The number of benzene rings is 1. The third kappa shape index (κ3) is 1.15. The Morgan fingerprint density at radius 1 is 0.917 bits per heavy atom. The number of hydrogen-bond acceptors (Lipinski definition) is 2. The molecule has 1 rings (SSSR count). The van der Waals surface area contributed by atoms with Gasteiger partial charge in [-0.3, -0.25) is 0 Å². The Morgan fingerprint density at radius 3 is 1.50 bits per heavy atom. The molecule has 1 aromatic rings. The van der Waals surface area contributed by atoms with E-state index in [1.54, 1.807) is 0 Å². The van der Waals surface area contributed by atoms with E-state index in [0.717, 1.165) is 11.1 Å². The zero-order valence-electron chi connectivity index (χ0n) is 7.05. The molecule has 12 heavy (non-hydrogen) atoms. The van der Waals surface area contributed by atoms with E-state index < -0.39 is 0 Å². The molecule has 0 aliphatic rings. The van der Waals surface area contributed by atoms with Gasteiger partial charge >= 0.3 is 0 Å². The van der Waals surface area contributed by atoms with Gasteiger partial charge in [-0.1, -0.05) is 12.1 Å². The molecule has 0 spiro atoms. The molecule has 0 aromatic heterocycles. The highest BCUT2D eigenvalue weighted by atomic mass is 14.3. The maximum Gasteiger partial charge on any atom is 0.101 e.